The molecule has 1 aliphatic rings. The van der Waals surface area contributed by atoms with E-state index >= 15 is 0 Å². The van der Waals surface area contributed by atoms with Crippen LogP contribution in [0.25, 0.3) is 11.5 Å². The Morgan fingerprint density at radius 3 is 2.94 bits per heavy atom. The van der Waals surface area contributed by atoms with Gasteiger partial charge < -0.3 is 30.2 Å². The summed E-state index contributed by atoms with van der Waals surface area (Å²) < 4.78 is 11.6. The van der Waals surface area contributed by atoms with Gasteiger partial charge in [0, 0.05) is 44.5 Å². The standard InChI is InChI=1S/C19H20N8O6/c1-25-9-12(15(24-25)27-5-4-26(6-7-28)19(27)31)22-16(29)13-10-32-17(23-13)11-2-3-21-14(8-11)33-18(20)30/h2-3,8-10,28H,4-7H2,1H3,(H2,20,30)(H,22,29). The van der Waals surface area contributed by atoms with E-state index in [9.17, 15) is 14.4 Å². The number of rotatable bonds is 7. The molecule has 172 valence electrons. The van der Waals surface area contributed by atoms with Crippen LogP contribution in [0.1, 0.15) is 10.5 Å². The van der Waals surface area contributed by atoms with Gasteiger partial charge >= 0.3 is 12.1 Å². The fourth-order valence-electron chi connectivity index (χ4n) is 3.27. The van der Waals surface area contributed by atoms with E-state index in [4.69, 9.17) is 20.0 Å². The molecule has 3 aromatic heterocycles. The number of aliphatic hydroxyl groups is 1. The molecule has 14 heteroatoms. The number of β-amino-alcohol motifs (C(OH)–C–C–N with tert-alkyl or cyclic N) is 1. The number of amides is 4. The van der Waals surface area contributed by atoms with E-state index in [-0.39, 0.29) is 42.5 Å². The molecule has 0 atom stereocenters. The van der Waals surface area contributed by atoms with Crippen LogP contribution < -0.4 is 20.7 Å². The van der Waals surface area contributed by atoms with Crippen LogP contribution in [-0.2, 0) is 7.05 Å². The second-order valence-corrected chi connectivity index (χ2v) is 6.98. The lowest BCUT2D eigenvalue weighted by atomic mass is 10.2. The first kappa shape index (κ1) is 21.8. The van der Waals surface area contributed by atoms with Gasteiger partial charge in [-0.1, -0.05) is 0 Å². The fourth-order valence-corrected chi connectivity index (χ4v) is 3.27. The third kappa shape index (κ3) is 4.59. The molecule has 0 saturated carbocycles. The van der Waals surface area contributed by atoms with Gasteiger partial charge in [0.05, 0.1) is 12.8 Å². The minimum Gasteiger partial charge on any atom is -0.444 e. The third-order valence-corrected chi connectivity index (χ3v) is 4.70. The van der Waals surface area contributed by atoms with Crippen LogP contribution in [0.2, 0.25) is 0 Å². The summed E-state index contributed by atoms with van der Waals surface area (Å²) in [5, 5.41) is 16.1. The van der Waals surface area contributed by atoms with Crippen LogP contribution >= 0.6 is 0 Å². The molecular weight excluding hydrogens is 436 g/mol. The van der Waals surface area contributed by atoms with Gasteiger partial charge in [-0.3, -0.25) is 14.4 Å². The number of oxazole rings is 1. The predicted octanol–water partition coefficient (Wildman–Crippen LogP) is 0.414. The number of carbonyl (C=O) groups is 3. The van der Waals surface area contributed by atoms with Crippen molar-refractivity contribution in [1.29, 1.82) is 0 Å². The van der Waals surface area contributed by atoms with Gasteiger partial charge in [-0.15, -0.1) is 0 Å². The molecule has 4 rings (SSSR count). The Hall–Kier alpha value is -4.46. The van der Waals surface area contributed by atoms with Crippen LogP contribution in [0, 0.1) is 0 Å². The molecule has 4 heterocycles. The minimum absolute atomic E-state index is 0.0244. The van der Waals surface area contributed by atoms with Crippen molar-refractivity contribution in [3.63, 3.8) is 0 Å². The Balaban J connectivity index is 1.51. The second-order valence-electron chi connectivity index (χ2n) is 6.98. The van der Waals surface area contributed by atoms with Crippen molar-refractivity contribution in [2.24, 2.45) is 12.8 Å². The fraction of sp³-hybridized carbons (Fsp3) is 0.263. The highest BCUT2D eigenvalue weighted by atomic mass is 16.6. The van der Waals surface area contributed by atoms with Crippen LogP contribution in [0.5, 0.6) is 5.88 Å². The van der Waals surface area contributed by atoms with Gasteiger partial charge in [0.25, 0.3) is 5.91 Å². The molecule has 4 N–H and O–H groups in total. The number of anilines is 2. The zero-order valence-corrected chi connectivity index (χ0v) is 17.5. The summed E-state index contributed by atoms with van der Waals surface area (Å²) in [5.41, 5.74) is 5.68. The first-order valence-corrected chi connectivity index (χ1v) is 9.77. The van der Waals surface area contributed by atoms with Crippen LogP contribution in [0.3, 0.4) is 0 Å². The summed E-state index contributed by atoms with van der Waals surface area (Å²) in [6.45, 7) is 0.869. The average Bonchev–Trinajstić information content (AvgIpc) is 3.48. The largest absolute Gasteiger partial charge is 0.444 e. The highest BCUT2D eigenvalue weighted by Gasteiger charge is 2.33. The van der Waals surface area contributed by atoms with Gasteiger partial charge in [0.1, 0.15) is 12.0 Å². The van der Waals surface area contributed by atoms with Gasteiger partial charge in [-0.05, 0) is 6.07 Å². The number of carbonyl (C=O) groups excluding carboxylic acids is 3. The van der Waals surface area contributed by atoms with Crippen LogP contribution in [0.4, 0.5) is 21.1 Å². The summed E-state index contributed by atoms with van der Waals surface area (Å²) >= 11 is 0. The summed E-state index contributed by atoms with van der Waals surface area (Å²) in [4.78, 5) is 47.2. The van der Waals surface area contributed by atoms with Gasteiger partial charge in [-0.2, -0.15) is 5.10 Å². The minimum atomic E-state index is -1.02. The lowest BCUT2D eigenvalue weighted by molar-refractivity contribution is 0.102. The summed E-state index contributed by atoms with van der Waals surface area (Å²) in [5.74, 6) is -0.254. The van der Waals surface area contributed by atoms with Crippen molar-refractivity contribution in [3.05, 3.63) is 36.5 Å². The number of hydrogen-bond acceptors (Lipinski definition) is 9. The number of aromatic nitrogens is 4. The molecule has 0 bridgehead atoms. The number of aliphatic hydroxyl groups excluding tert-OH is 1. The van der Waals surface area contributed by atoms with Crippen molar-refractivity contribution in [2.45, 2.75) is 0 Å². The number of nitrogens with two attached hydrogens (primary N) is 1. The predicted molar refractivity (Wildman–Crippen MR) is 113 cm³/mol. The monoisotopic (exact) mass is 456 g/mol. The number of ether oxygens (including phenoxy) is 1. The number of aryl methyl sites for hydroxylation is 1. The summed E-state index contributed by atoms with van der Waals surface area (Å²) in [6.07, 6.45) is 3.08. The van der Waals surface area contributed by atoms with E-state index in [2.05, 4.69) is 20.4 Å². The molecule has 3 aromatic rings. The molecule has 4 amide bonds. The molecule has 14 nitrogen and oxygen atoms in total. The lowest BCUT2D eigenvalue weighted by Gasteiger charge is -2.17. The van der Waals surface area contributed by atoms with Crippen molar-refractivity contribution in [2.75, 3.05) is 36.5 Å². The average molecular weight is 456 g/mol. The van der Waals surface area contributed by atoms with Crippen molar-refractivity contribution < 1.29 is 28.6 Å². The van der Waals surface area contributed by atoms with E-state index in [0.29, 0.717) is 24.3 Å². The Morgan fingerprint density at radius 1 is 1.36 bits per heavy atom. The number of hydrogen-bond donors (Lipinski definition) is 3. The summed E-state index contributed by atoms with van der Waals surface area (Å²) in [7, 11) is 1.66. The molecule has 0 aliphatic carbocycles. The first-order valence-electron chi connectivity index (χ1n) is 9.77. The van der Waals surface area contributed by atoms with E-state index < -0.39 is 12.0 Å². The maximum absolute atomic E-state index is 12.8. The van der Waals surface area contributed by atoms with E-state index in [0.717, 1.165) is 0 Å². The number of nitrogens with one attached hydrogen (secondary N) is 1. The van der Waals surface area contributed by atoms with Gasteiger partial charge in [0.2, 0.25) is 11.8 Å². The van der Waals surface area contributed by atoms with Crippen LogP contribution in [0.15, 0.2) is 35.2 Å². The highest BCUT2D eigenvalue weighted by molar-refractivity contribution is 6.06. The third-order valence-electron chi connectivity index (χ3n) is 4.70. The van der Waals surface area contributed by atoms with E-state index in [1.54, 1.807) is 19.3 Å². The molecule has 0 unspecified atom stereocenters. The van der Waals surface area contributed by atoms with Crippen LogP contribution in [-0.4, -0.2) is 74.0 Å². The number of pyridine rings is 1. The maximum Gasteiger partial charge on any atom is 0.411 e. The molecule has 33 heavy (non-hydrogen) atoms. The van der Waals surface area contributed by atoms with E-state index in [1.165, 1.54) is 33.0 Å². The molecule has 0 aromatic carbocycles. The normalized spacial score (nSPS) is 13.5. The number of urea groups is 1. The quantitative estimate of drug-likeness (QED) is 0.453. The van der Waals surface area contributed by atoms with Crippen molar-refractivity contribution in [3.8, 4) is 17.3 Å². The van der Waals surface area contributed by atoms with Crippen molar-refractivity contribution >= 4 is 29.5 Å². The Labute approximate surface area is 186 Å². The topological polar surface area (TPSA) is 182 Å². The maximum atomic E-state index is 12.8. The Kier molecular flexibility index (Phi) is 5.91. The molecule has 0 radical (unpaired) electrons. The molecular formula is C19H20N8O6. The van der Waals surface area contributed by atoms with Gasteiger partial charge in [0.15, 0.2) is 11.5 Å². The summed E-state index contributed by atoms with van der Waals surface area (Å²) in [6, 6.07) is 2.63. The molecule has 1 aliphatic heterocycles. The first-order chi connectivity index (χ1) is 15.9. The zero-order chi connectivity index (χ0) is 23.5. The zero-order valence-electron chi connectivity index (χ0n) is 17.5. The smallest absolute Gasteiger partial charge is 0.411 e. The highest BCUT2D eigenvalue weighted by Crippen LogP contribution is 2.28. The number of nitrogens with zero attached hydrogens (tertiary/aromatic N) is 6. The molecule has 1 fully saturated rings. The lowest BCUT2D eigenvalue weighted by Crippen LogP contribution is -2.34. The number of primary amides is 1. The SMILES string of the molecule is Cn1cc(NC(=O)c2coc(-c3ccnc(OC(N)=O)c3)n2)c(N2CCN(CCO)C2=O)n1. The van der Waals surface area contributed by atoms with Gasteiger partial charge in [-0.25, -0.2) is 19.6 Å². The molecule has 0 spiro atoms. The van der Waals surface area contributed by atoms with Crippen molar-refractivity contribution in [1.82, 2.24) is 24.6 Å². The Bertz CT molecular complexity index is 1200. The van der Waals surface area contributed by atoms with E-state index in [1.807, 2.05) is 0 Å². The Morgan fingerprint density at radius 2 is 2.18 bits per heavy atom. The second kappa shape index (κ2) is 8.96. The molecule has 1 saturated heterocycles.